The fourth-order valence-corrected chi connectivity index (χ4v) is 0.868. The first-order chi connectivity index (χ1) is 5.09. The Morgan fingerprint density at radius 1 is 1.45 bits per heavy atom. The third-order valence-electron chi connectivity index (χ3n) is 2.06. The number of halogens is 1. The second-order valence-corrected chi connectivity index (χ2v) is 3.10. The van der Waals surface area contributed by atoms with E-state index >= 15 is 0 Å². The molecule has 0 bridgehead atoms. The Kier molecular flexibility index (Phi) is 4.75. The highest BCUT2D eigenvalue weighted by Crippen LogP contribution is 2.16. The number of allylic oxidation sites excluding steroid dienone is 2. The van der Waals surface area contributed by atoms with Crippen LogP contribution in [0.3, 0.4) is 0 Å². The van der Waals surface area contributed by atoms with Gasteiger partial charge in [-0.3, -0.25) is 0 Å². The average molecular weight is 157 g/mol. The Morgan fingerprint density at radius 3 is 2.36 bits per heavy atom. The van der Waals surface area contributed by atoms with Crippen LogP contribution in [0.2, 0.25) is 0 Å². The molecule has 0 rings (SSSR count). The molecular weight excluding hydrogens is 141 g/mol. The number of rotatable bonds is 3. The van der Waals surface area contributed by atoms with Crippen molar-refractivity contribution in [2.75, 3.05) is 0 Å². The molecule has 0 saturated heterocycles. The zero-order chi connectivity index (χ0) is 8.85. The predicted molar refractivity (Wildman–Crippen MR) is 47.4 cm³/mol. The molecule has 0 aromatic carbocycles. The maximum absolute atomic E-state index is 11.4. The van der Waals surface area contributed by atoms with Gasteiger partial charge in [0.1, 0.15) is 0 Å². The van der Waals surface area contributed by atoms with E-state index in [1.54, 1.807) is 0 Å². The molecule has 0 spiro atoms. The van der Waals surface area contributed by atoms with Crippen molar-refractivity contribution in [1.82, 2.24) is 0 Å². The zero-order valence-electron chi connectivity index (χ0n) is 7.69. The summed E-state index contributed by atoms with van der Waals surface area (Å²) in [6.07, 6.45) is 2.00. The highest BCUT2D eigenvalue weighted by molar-refractivity contribution is 5.57. The van der Waals surface area contributed by atoms with Gasteiger partial charge in [-0.05, 0) is 33.1 Å². The molecule has 0 aliphatic rings. The molecule has 0 heterocycles. The molecule has 2 heteroatoms. The molecule has 0 aliphatic heterocycles. The molecule has 0 amide bonds. The average Bonchev–Trinajstić information content (AvgIpc) is 1.98. The van der Waals surface area contributed by atoms with Crippen LogP contribution in [0.25, 0.3) is 0 Å². The van der Waals surface area contributed by atoms with Crippen LogP contribution >= 0.6 is 0 Å². The quantitative estimate of drug-likeness (QED) is 0.440. The van der Waals surface area contributed by atoms with Gasteiger partial charge in [0, 0.05) is 6.21 Å². The van der Waals surface area contributed by atoms with Crippen molar-refractivity contribution in [2.45, 2.75) is 34.1 Å². The lowest BCUT2D eigenvalue weighted by Crippen LogP contribution is -1.98. The highest BCUT2D eigenvalue weighted by Gasteiger charge is 2.03. The number of nitrogens with zero attached hydrogens (tertiary/aromatic N) is 1. The van der Waals surface area contributed by atoms with E-state index < -0.39 is 0 Å². The van der Waals surface area contributed by atoms with E-state index in [-0.39, 0.29) is 0 Å². The van der Waals surface area contributed by atoms with E-state index in [2.05, 4.69) is 32.9 Å². The van der Waals surface area contributed by atoms with Gasteiger partial charge in [-0.25, -0.2) is 0 Å². The molecule has 1 nitrogen and oxygen atoms in total. The fourth-order valence-electron chi connectivity index (χ4n) is 0.868. The maximum atomic E-state index is 11.4. The van der Waals surface area contributed by atoms with E-state index in [4.69, 9.17) is 0 Å². The zero-order valence-corrected chi connectivity index (χ0v) is 7.69. The lowest BCUT2D eigenvalue weighted by molar-refractivity contribution is 0.535. The highest BCUT2D eigenvalue weighted by atomic mass is 19.2. The van der Waals surface area contributed by atoms with Crippen molar-refractivity contribution in [3.8, 4) is 0 Å². The van der Waals surface area contributed by atoms with Crippen molar-refractivity contribution in [1.29, 1.82) is 0 Å². The Bertz CT molecular complexity index is 166. The number of hydrogen-bond donors (Lipinski definition) is 0. The molecule has 0 aliphatic carbocycles. The van der Waals surface area contributed by atoms with Crippen LogP contribution in [0.1, 0.15) is 34.1 Å². The minimum absolute atomic E-state index is 0.402. The summed E-state index contributed by atoms with van der Waals surface area (Å²) in [5.41, 5.74) is 2.63. The van der Waals surface area contributed by atoms with Crippen LogP contribution in [0.5, 0.6) is 0 Å². The smallest absolute Gasteiger partial charge is 0.0379 e. The Hall–Kier alpha value is -0.660. The van der Waals surface area contributed by atoms with E-state index in [0.717, 1.165) is 0 Å². The van der Waals surface area contributed by atoms with Gasteiger partial charge in [0.2, 0.25) is 0 Å². The summed E-state index contributed by atoms with van der Waals surface area (Å²) in [7, 11) is 0. The molecule has 0 saturated carbocycles. The summed E-state index contributed by atoms with van der Waals surface area (Å²) in [6.45, 7) is 8.28. The van der Waals surface area contributed by atoms with Gasteiger partial charge in [0.15, 0.2) is 0 Å². The van der Waals surface area contributed by atoms with Gasteiger partial charge in [-0.15, -0.1) is 5.21 Å². The summed E-state index contributed by atoms with van der Waals surface area (Å²) in [4.78, 5) is 0. The monoisotopic (exact) mass is 157 g/mol. The third kappa shape index (κ3) is 3.91. The van der Waals surface area contributed by atoms with Gasteiger partial charge < -0.3 is 0 Å². The summed E-state index contributed by atoms with van der Waals surface area (Å²) < 4.78 is 11.4. The Balaban J connectivity index is 4.03. The SMILES string of the molecule is CC(C)=C(C)C(C)C/C=N\F. The van der Waals surface area contributed by atoms with Crippen LogP contribution in [-0.2, 0) is 0 Å². The molecule has 0 radical (unpaired) electrons. The molecule has 1 unspecified atom stereocenters. The molecule has 11 heavy (non-hydrogen) atoms. The van der Waals surface area contributed by atoms with Gasteiger partial charge in [-0.1, -0.05) is 22.6 Å². The predicted octanol–water partition coefficient (Wildman–Crippen LogP) is 3.32. The lowest BCUT2D eigenvalue weighted by atomic mass is 9.96. The molecule has 0 aromatic heterocycles. The Morgan fingerprint density at radius 2 is 2.00 bits per heavy atom. The first-order valence-electron chi connectivity index (χ1n) is 3.86. The summed E-state index contributed by atoms with van der Waals surface area (Å²) in [5.74, 6) is 0.402. The van der Waals surface area contributed by atoms with Crippen molar-refractivity contribution in [3.05, 3.63) is 11.1 Å². The molecule has 64 valence electrons. The molecule has 0 N–H and O–H groups in total. The maximum Gasteiger partial charge on any atom is 0.0379 e. The van der Waals surface area contributed by atoms with Crippen molar-refractivity contribution in [3.63, 3.8) is 0 Å². The molecular formula is C9H16FN. The van der Waals surface area contributed by atoms with Crippen molar-refractivity contribution >= 4 is 6.21 Å². The van der Waals surface area contributed by atoms with Gasteiger partial charge in [0.05, 0.1) is 0 Å². The van der Waals surface area contributed by atoms with Crippen molar-refractivity contribution in [2.24, 2.45) is 11.1 Å². The fraction of sp³-hybridized carbons (Fsp3) is 0.667. The summed E-state index contributed by atoms with van der Waals surface area (Å²) >= 11 is 0. The lowest BCUT2D eigenvalue weighted by Gasteiger charge is -2.10. The third-order valence-corrected chi connectivity index (χ3v) is 2.06. The second-order valence-electron chi connectivity index (χ2n) is 3.10. The molecule has 0 fully saturated rings. The van der Waals surface area contributed by atoms with E-state index in [1.165, 1.54) is 17.4 Å². The van der Waals surface area contributed by atoms with Gasteiger partial charge in [-0.2, -0.15) is 0 Å². The van der Waals surface area contributed by atoms with Gasteiger partial charge in [0.25, 0.3) is 0 Å². The minimum atomic E-state index is 0.402. The second kappa shape index (κ2) is 5.05. The standard InChI is InChI=1S/C9H16FN/c1-7(2)9(4)8(3)5-6-11-10/h6,8H,5H2,1-4H3/b11-6-. The summed E-state index contributed by atoms with van der Waals surface area (Å²) in [5, 5.41) is 2.47. The molecule has 0 aromatic rings. The van der Waals surface area contributed by atoms with Crippen LogP contribution in [0, 0.1) is 5.92 Å². The van der Waals surface area contributed by atoms with Crippen LogP contribution < -0.4 is 0 Å². The minimum Gasteiger partial charge on any atom is -0.100 e. The Labute approximate surface area is 68.0 Å². The number of hydrogen-bond acceptors (Lipinski definition) is 1. The molecule has 1 atom stereocenters. The van der Waals surface area contributed by atoms with Gasteiger partial charge >= 0.3 is 0 Å². The van der Waals surface area contributed by atoms with E-state index in [0.29, 0.717) is 12.3 Å². The normalized spacial score (nSPS) is 13.5. The van der Waals surface area contributed by atoms with Crippen LogP contribution in [-0.4, -0.2) is 6.21 Å². The van der Waals surface area contributed by atoms with E-state index in [9.17, 15) is 4.48 Å². The summed E-state index contributed by atoms with van der Waals surface area (Å²) in [6, 6.07) is 0. The first kappa shape index (κ1) is 10.3. The first-order valence-corrected chi connectivity index (χ1v) is 3.86. The van der Waals surface area contributed by atoms with Crippen LogP contribution in [0.4, 0.5) is 4.48 Å². The largest absolute Gasteiger partial charge is 0.100 e. The van der Waals surface area contributed by atoms with Crippen molar-refractivity contribution < 1.29 is 4.48 Å². The topological polar surface area (TPSA) is 12.4 Å². The van der Waals surface area contributed by atoms with Crippen LogP contribution in [0.15, 0.2) is 16.4 Å². The van der Waals surface area contributed by atoms with E-state index in [1.807, 2.05) is 0 Å².